The fraction of sp³-hybridized carbons (Fsp3) is 0.538. The van der Waals surface area contributed by atoms with Gasteiger partial charge in [-0.2, -0.15) is 8.78 Å². The molecule has 2 rings (SSSR count). The van der Waals surface area contributed by atoms with Crippen LogP contribution in [0, 0.1) is 0 Å². The summed E-state index contributed by atoms with van der Waals surface area (Å²) in [5.41, 5.74) is 0.0461. The van der Waals surface area contributed by atoms with E-state index in [0.717, 1.165) is 0 Å². The average Bonchev–Trinajstić information content (AvgIpc) is 2.40. The zero-order valence-corrected chi connectivity index (χ0v) is 10.7. The number of halogens is 3. The molecule has 1 atom stereocenters. The number of alkyl halides is 3. The summed E-state index contributed by atoms with van der Waals surface area (Å²) in [5, 5.41) is 0. The molecular weight excluding hydrogens is 260 g/mol. The van der Waals surface area contributed by atoms with Crippen molar-refractivity contribution in [2.24, 2.45) is 0 Å². The van der Waals surface area contributed by atoms with Crippen LogP contribution < -0.4 is 0 Å². The van der Waals surface area contributed by atoms with Gasteiger partial charge in [0.1, 0.15) is 0 Å². The fourth-order valence-corrected chi connectivity index (χ4v) is 2.35. The molecule has 1 aliphatic heterocycles. The number of hydrogen-bond donors (Lipinski definition) is 0. The van der Waals surface area contributed by atoms with Crippen molar-refractivity contribution in [2.45, 2.75) is 12.0 Å². The Hall–Kier alpha value is -0.710. The maximum absolute atomic E-state index is 14.1. The Morgan fingerprint density at radius 1 is 1.33 bits per heavy atom. The molecule has 1 fully saturated rings. The molecule has 1 aromatic carbocycles. The summed E-state index contributed by atoms with van der Waals surface area (Å²) in [6.07, 6.45) is 0. The Bertz CT molecular complexity index is 375. The van der Waals surface area contributed by atoms with Gasteiger partial charge >= 0.3 is 0 Å². The highest BCUT2D eigenvalue weighted by molar-refractivity contribution is 6.18. The van der Waals surface area contributed by atoms with Crippen molar-refractivity contribution in [1.29, 1.82) is 0 Å². The molecule has 100 valence electrons. The quantitative estimate of drug-likeness (QED) is 0.784. The molecule has 5 heteroatoms. The minimum atomic E-state index is -2.86. The van der Waals surface area contributed by atoms with E-state index in [2.05, 4.69) is 0 Å². The van der Waals surface area contributed by atoms with E-state index in [1.165, 1.54) is 12.1 Å². The molecule has 18 heavy (non-hydrogen) atoms. The highest BCUT2D eigenvalue weighted by Gasteiger charge is 2.36. The molecule has 0 aliphatic carbocycles. The second-order valence-electron chi connectivity index (χ2n) is 4.42. The number of ether oxygens (including phenoxy) is 1. The van der Waals surface area contributed by atoms with E-state index >= 15 is 0 Å². The van der Waals surface area contributed by atoms with Gasteiger partial charge in [0.2, 0.25) is 0 Å². The van der Waals surface area contributed by atoms with Crippen molar-refractivity contribution in [2.75, 3.05) is 32.2 Å². The van der Waals surface area contributed by atoms with Gasteiger partial charge in [0.05, 0.1) is 19.8 Å². The SMILES string of the molecule is FC(F)(CN1CCOCC1CCl)c1ccccc1. The van der Waals surface area contributed by atoms with Crippen molar-refractivity contribution in [1.82, 2.24) is 4.90 Å². The molecule has 1 unspecified atom stereocenters. The van der Waals surface area contributed by atoms with Crippen LogP contribution in [0.4, 0.5) is 8.78 Å². The molecule has 0 N–H and O–H groups in total. The minimum Gasteiger partial charge on any atom is -0.378 e. The van der Waals surface area contributed by atoms with Gasteiger partial charge in [0.15, 0.2) is 0 Å². The van der Waals surface area contributed by atoms with Crippen LogP contribution in [0.25, 0.3) is 0 Å². The van der Waals surface area contributed by atoms with Crippen molar-refractivity contribution in [3.63, 3.8) is 0 Å². The van der Waals surface area contributed by atoms with Gasteiger partial charge in [-0.05, 0) is 0 Å². The maximum atomic E-state index is 14.1. The smallest absolute Gasteiger partial charge is 0.285 e. The molecule has 1 saturated heterocycles. The van der Waals surface area contributed by atoms with Gasteiger partial charge in [0.25, 0.3) is 5.92 Å². The normalized spacial score (nSPS) is 22.1. The van der Waals surface area contributed by atoms with Gasteiger partial charge in [-0.1, -0.05) is 30.3 Å². The van der Waals surface area contributed by atoms with E-state index in [0.29, 0.717) is 25.6 Å². The van der Waals surface area contributed by atoms with Crippen molar-refractivity contribution in [3.05, 3.63) is 35.9 Å². The molecule has 1 aromatic rings. The minimum absolute atomic E-state index is 0.0461. The van der Waals surface area contributed by atoms with Crippen molar-refractivity contribution < 1.29 is 13.5 Å². The molecule has 0 amide bonds. The van der Waals surface area contributed by atoms with Crippen LogP contribution in [-0.2, 0) is 10.7 Å². The van der Waals surface area contributed by atoms with E-state index < -0.39 is 5.92 Å². The van der Waals surface area contributed by atoms with Crippen LogP contribution in [-0.4, -0.2) is 43.1 Å². The molecule has 0 aromatic heterocycles. The third kappa shape index (κ3) is 3.19. The highest BCUT2D eigenvalue weighted by atomic mass is 35.5. The van der Waals surface area contributed by atoms with E-state index in [-0.39, 0.29) is 18.2 Å². The number of nitrogens with zero attached hydrogens (tertiary/aromatic N) is 1. The van der Waals surface area contributed by atoms with E-state index in [1.54, 1.807) is 23.1 Å². The van der Waals surface area contributed by atoms with Gasteiger partial charge in [-0.3, -0.25) is 4.90 Å². The zero-order valence-electron chi connectivity index (χ0n) is 9.99. The first-order chi connectivity index (χ1) is 8.63. The summed E-state index contributed by atoms with van der Waals surface area (Å²) in [5.74, 6) is -2.55. The lowest BCUT2D eigenvalue weighted by molar-refractivity contribution is -0.0793. The largest absolute Gasteiger partial charge is 0.378 e. The molecular formula is C13H16ClF2NO. The Morgan fingerprint density at radius 2 is 2.06 bits per heavy atom. The molecule has 0 radical (unpaired) electrons. The zero-order chi connectivity index (χ0) is 13.0. The first kappa shape index (κ1) is 13.7. The average molecular weight is 276 g/mol. The standard InChI is InChI=1S/C13H16ClF2NO/c14-8-12-9-18-7-6-17(12)10-13(15,16)11-4-2-1-3-5-11/h1-5,12H,6-10H2. The fourth-order valence-electron chi connectivity index (χ4n) is 2.07. The summed E-state index contributed by atoms with van der Waals surface area (Å²) in [4.78, 5) is 1.71. The third-order valence-electron chi connectivity index (χ3n) is 3.13. The second kappa shape index (κ2) is 5.95. The molecule has 1 heterocycles. The number of rotatable bonds is 4. The van der Waals surface area contributed by atoms with Crippen LogP contribution in [0.15, 0.2) is 30.3 Å². The van der Waals surface area contributed by atoms with Gasteiger partial charge in [0, 0.05) is 24.0 Å². The molecule has 0 spiro atoms. The lowest BCUT2D eigenvalue weighted by Gasteiger charge is -2.36. The van der Waals surface area contributed by atoms with Gasteiger partial charge in [-0.25, -0.2) is 0 Å². The molecule has 1 aliphatic rings. The Morgan fingerprint density at radius 3 is 2.72 bits per heavy atom. The Balaban J connectivity index is 2.07. The van der Waals surface area contributed by atoms with E-state index in [4.69, 9.17) is 16.3 Å². The monoisotopic (exact) mass is 275 g/mol. The predicted octanol–water partition coefficient (Wildman–Crippen LogP) is 2.72. The van der Waals surface area contributed by atoms with Crippen molar-refractivity contribution in [3.8, 4) is 0 Å². The van der Waals surface area contributed by atoms with Crippen LogP contribution >= 0.6 is 11.6 Å². The third-order valence-corrected chi connectivity index (χ3v) is 3.48. The summed E-state index contributed by atoms with van der Waals surface area (Å²) in [7, 11) is 0. The van der Waals surface area contributed by atoms with Crippen molar-refractivity contribution >= 4 is 11.6 Å². The summed E-state index contributed by atoms with van der Waals surface area (Å²) in [6.45, 7) is 1.10. The van der Waals surface area contributed by atoms with E-state index in [1.807, 2.05) is 0 Å². The highest BCUT2D eigenvalue weighted by Crippen LogP contribution is 2.30. The number of hydrogen-bond acceptors (Lipinski definition) is 2. The molecule has 0 bridgehead atoms. The lowest BCUT2D eigenvalue weighted by atomic mass is 10.1. The second-order valence-corrected chi connectivity index (χ2v) is 4.73. The van der Waals surface area contributed by atoms with Crippen LogP contribution in [0.1, 0.15) is 5.56 Å². The lowest BCUT2D eigenvalue weighted by Crippen LogP contribution is -2.50. The first-order valence-electron chi connectivity index (χ1n) is 5.94. The van der Waals surface area contributed by atoms with Crippen LogP contribution in [0.3, 0.4) is 0 Å². The summed E-state index contributed by atoms with van der Waals surface area (Å²) in [6, 6.07) is 7.76. The summed E-state index contributed by atoms with van der Waals surface area (Å²) >= 11 is 5.78. The predicted molar refractivity (Wildman–Crippen MR) is 67.2 cm³/mol. The number of morpholine rings is 1. The van der Waals surface area contributed by atoms with Gasteiger partial charge < -0.3 is 4.74 Å². The van der Waals surface area contributed by atoms with Crippen LogP contribution in [0.2, 0.25) is 0 Å². The topological polar surface area (TPSA) is 12.5 Å². The molecule has 2 nitrogen and oxygen atoms in total. The van der Waals surface area contributed by atoms with E-state index in [9.17, 15) is 8.78 Å². The Labute approximate surface area is 110 Å². The first-order valence-corrected chi connectivity index (χ1v) is 6.48. The van der Waals surface area contributed by atoms with Gasteiger partial charge in [-0.15, -0.1) is 11.6 Å². The maximum Gasteiger partial charge on any atom is 0.285 e. The molecule has 0 saturated carbocycles. The van der Waals surface area contributed by atoms with Crippen LogP contribution in [0.5, 0.6) is 0 Å². The Kier molecular flexibility index (Phi) is 4.54. The number of benzene rings is 1. The summed E-state index contributed by atoms with van der Waals surface area (Å²) < 4.78 is 33.5.